The molecule has 264 valence electrons. The van der Waals surface area contributed by atoms with Crippen LogP contribution in [0.1, 0.15) is 59.6 Å². The van der Waals surface area contributed by atoms with E-state index in [-0.39, 0.29) is 35.5 Å². The Hall–Kier alpha value is -5.75. The summed E-state index contributed by atoms with van der Waals surface area (Å²) in [7, 11) is 0. The monoisotopic (exact) mass is 689 g/mol. The molecule has 0 bridgehead atoms. The van der Waals surface area contributed by atoms with E-state index in [2.05, 4.69) is 10.3 Å². The number of nitrogens with one attached hydrogen (secondary N) is 2. The topological polar surface area (TPSA) is 197 Å². The highest BCUT2D eigenvalue weighted by atomic mass is 16.6. The molecule has 2 aromatic carbocycles. The number of morpholine rings is 1. The summed E-state index contributed by atoms with van der Waals surface area (Å²) in [6, 6.07) is 14.0. The summed E-state index contributed by atoms with van der Waals surface area (Å²) >= 11 is 0. The number of H-pyrrole nitrogens is 1. The van der Waals surface area contributed by atoms with Crippen LogP contribution in [0.15, 0.2) is 53.3 Å². The fourth-order valence-corrected chi connectivity index (χ4v) is 5.03. The zero-order valence-electron chi connectivity index (χ0n) is 28.8. The van der Waals surface area contributed by atoms with E-state index >= 15 is 0 Å². The van der Waals surface area contributed by atoms with E-state index < -0.39 is 59.9 Å². The highest BCUT2D eigenvalue weighted by Crippen LogP contribution is 2.29. The maximum atomic E-state index is 13.8. The Kier molecular flexibility index (Phi) is 11.0. The first-order valence-corrected chi connectivity index (χ1v) is 15.7. The van der Waals surface area contributed by atoms with Crippen LogP contribution < -0.4 is 15.8 Å². The van der Waals surface area contributed by atoms with Gasteiger partial charge < -0.3 is 34.1 Å². The van der Waals surface area contributed by atoms with E-state index in [0.29, 0.717) is 21.5 Å². The largest absolute Gasteiger partial charge is 0.449 e. The lowest BCUT2D eigenvalue weighted by Crippen LogP contribution is -2.56. The summed E-state index contributed by atoms with van der Waals surface area (Å²) in [6.45, 7) is 10.5. The first-order chi connectivity index (χ1) is 23.4. The maximum absolute atomic E-state index is 13.8. The second kappa shape index (κ2) is 14.8. The quantitative estimate of drug-likeness (QED) is 0.264. The van der Waals surface area contributed by atoms with Gasteiger partial charge in [-0.15, -0.1) is 0 Å². The molecule has 0 spiro atoms. The summed E-state index contributed by atoms with van der Waals surface area (Å²) < 4.78 is 21.8. The molecule has 0 radical (unpaired) electrons. The highest BCUT2D eigenvalue weighted by molar-refractivity contribution is 6.08. The normalized spacial score (nSPS) is 15.4. The van der Waals surface area contributed by atoms with Crippen LogP contribution in [-0.2, 0) is 39.9 Å². The van der Waals surface area contributed by atoms with Gasteiger partial charge in [-0.2, -0.15) is 5.26 Å². The SMILES string of the molecule is CC(=O)O[C@@H](C(=O)Nc1ccc(C#N)c(CN(C(=O)OC(C)(C)C)C(=O)OC(C)(C)C)c1)[C@H]1OCCN(c2cccc3[nH]c(=O)ccc23)C1=O. The van der Waals surface area contributed by atoms with Gasteiger partial charge in [-0.3, -0.25) is 19.2 Å². The lowest BCUT2D eigenvalue weighted by Gasteiger charge is -2.35. The Morgan fingerprint density at radius 1 is 1.02 bits per heavy atom. The van der Waals surface area contributed by atoms with Crippen molar-refractivity contribution < 1.29 is 42.9 Å². The smallest absolute Gasteiger partial charge is 0.420 e. The third kappa shape index (κ3) is 9.23. The number of carbonyl (C=O) groups is 5. The summed E-state index contributed by atoms with van der Waals surface area (Å²) in [6.07, 6.45) is -5.32. The minimum Gasteiger partial charge on any atom is -0.449 e. The molecule has 1 saturated heterocycles. The molecule has 1 aliphatic rings. The number of ether oxygens (including phenoxy) is 4. The van der Waals surface area contributed by atoms with E-state index in [1.807, 2.05) is 6.07 Å². The van der Waals surface area contributed by atoms with Crippen LogP contribution in [0.25, 0.3) is 10.9 Å². The average Bonchev–Trinajstić information content (AvgIpc) is 3.00. The number of rotatable bonds is 7. The Morgan fingerprint density at radius 3 is 2.28 bits per heavy atom. The molecular weight excluding hydrogens is 650 g/mol. The molecule has 2 heterocycles. The third-order valence-electron chi connectivity index (χ3n) is 7.03. The van der Waals surface area contributed by atoms with Gasteiger partial charge in [0.05, 0.1) is 36.0 Å². The minimum absolute atomic E-state index is 0.00658. The summed E-state index contributed by atoms with van der Waals surface area (Å²) in [5.41, 5.74) is -0.974. The number of imide groups is 1. The zero-order chi connectivity index (χ0) is 37.0. The summed E-state index contributed by atoms with van der Waals surface area (Å²) in [5, 5.41) is 13.0. The fraction of sp³-hybridized carbons (Fsp3) is 0.400. The van der Waals surface area contributed by atoms with Crippen LogP contribution >= 0.6 is 0 Å². The Morgan fingerprint density at radius 2 is 1.68 bits per heavy atom. The number of aromatic amines is 1. The molecule has 0 aliphatic carbocycles. The van der Waals surface area contributed by atoms with Crippen molar-refractivity contribution in [2.45, 2.75) is 78.4 Å². The maximum Gasteiger partial charge on any atom is 0.420 e. The molecule has 15 heteroatoms. The van der Waals surface area contributed by atoms with Crippen LogP contribution in [0.5, 0.6) is 0 Å². The molecule has 4 rings (SSSR count). The van der Waals surface area contributed by atoms with Crippen LogP contribution in [0.4, 0.5) is 21.0 Å². The van der Waals surface area contributed by atoms with Gasteiger partial charge in [-0.1, -0.05) is 6.07 Å². The summed E-state index contributed by atoms with van der Waals surface area (Å²) in [5.74, 6) is -2.44. The molecule has 2 N–H and O–H groups in total. The number of benzene rings is 2. The van der Waals surface area contributed by atoms with Crippen LogP contribution in [0, 0.1) is 11.3 Å². The van der Waals surface area contributed by atoms with Gasteiger partial charge in [0.2, 0.25) is 11.7 Å². The van der Waals surface area contributed by atoms with Gasteiger partial charge >= 0.3 is 18.2 Å². The number of carbonyl (C=O) groups excluding carboxylic acids is 5. The molecule has 4 amide bonds. The van der Waals surface area contributed by atoms with Crippen LogP contribution in [-0.4, -0.2) is 76.4 Å². The molecule has 1 aromatic heterocycles. The van der Waals surface area contributed by atoms with Gasteiger partial charge in [-0.25, -0.2) is 14.5 Å². The van der Waals surface area contributed by atoms with Crippen molar-refractivity contribution in [1.82, 2.24) is 9.88 Å². The molecular formula is C35H39N5O10. The highest BCUT2D eigenvalue weighted by Gasteiger charge is 2.43. The van der Waals surface area contributed by atoms with Gasteiger partial charge in [0.15, 0.2) is 6.10 Å². The fourth-order valence-electron chi connectivity index (χ4n) is 5.03. The molecule has 15 nitrogen and oxygen atoms in total. The van der Waals surface area contributed by atoms with Crippen molar-refractivity contribution in [1.29, 1.82) is 5.26 Å². The number of amides is 4. The molecule has 50 heavy (non-hydrogen) atoms. The first kappa shape index (κ1) is 37.1. The standard InChI is InChI=1S/C35H39N5O10/c1-20(41)48-28(29-31(44)39(15-16-47-29)26-10-8-9-25-24(26)13-14-27(42)38-25)30(43)37-23-12-11-21(18-36)22(17-23)19-40(32(45)49-34(2,3)4)33(46)50-35(5,6)7/h8-14,17,28-29H,15-16,19H2,1-7H3,(H,37,43)(H,38,42)/t28-,29-/m1/s1. The summed E-state index contributed by atoms with van der Waals surface area (Å²) in [4.78, 5) is 82.6. The number of pyridine rings is 1. The second-order valence-electron chi connectivity index (χ2n) is 13.4. The van der Waals surface area contributed by atoms with Gasteiger partial charge in [0.25, 0.3) is 11.8 Å². The van der Waals surface area contributed by atoms with Crippen molar-refractivity contribution in [2.24, 2.45) is 0 Å². The van der Waals surface area contributed by atoms with Gasteiger partial charge in [0.1, 0.15) is 11.2 Å². The Bertz CT molecular complexity index is 1890. The minimum atomic E-state index is -1.74. The van der Waals surface area contributed by atoms with E-state index in [0.717, 1.165) is 6.92 Å². The van der Waals surface area contributed by atoms with Crippen molar-refractivity contribution in [3.8, 4) is 6.07 Å². The van der Waals surface area contributed by atoms with Crippen molar-refractivity contribution in [2.75, 3.05) is 23.4 Å². The van der Waals surface area contributed by atoms with Crippen molar-refractivity contribution >= 4 is 52.2 Å². The van der Waals surface area contributed by atoms with E-state index in [4.69, 9.17) is 18.9 Å². The lowest BCUT2D eigenvalue weighted by atomic mass is 10.1. The second-order valence-corrected chi connectivity index (χ2v) is 13.4. The predicted molar refractivity (Wildman–Crippen MR) is 180 cm³/mol. The number of aromatic nitrogens is 1. The number of fused-ring (bicyclic) bond motifs is 1. The molecule has 0 saturated carbocycles. The predicted octanol–water partition coefficient (Wildman–Crippen LogP) is 4.37. The number of hydrogen-bond donors (Lipinski definition) is 2. The number of hydrogen-bond acceptors (Lipinski definition) is 11. The number of anilines is 2. The van der Waals surface area contributed by atoms with Crippen molar-refractivity contribution in [3.63, 3.8) is 0 Å². The average molecular weight is 690 g/mol. The number of esters is 1. The van der Waals surface area contributed by atoms with E-state index in [1.54, 1.807) is 65.8 Å². The molecule has 1 aliphatic heterocycles. The van der Waals surface area contributed by atoms with Gasteiger partial charge in [-0.05, 0) is 83.5 Å². The first-order valence-electron chi connectivity index (χ1n) is 15.7. The lowest BCUT2D eigenvalue weighted by molar-refractivity contribution is -0.167. The zero-order valence-corrected chi connectivity index (χ0v) is 28.8. The van der Waals surface area contributed by atoms with E-state index in [1.165, 1.54) is 29.2 Å². The Labute approximate surface area is 288 Å². The molecule has 1 fully saturated rings. The Balaban J connectivity index is 1.63. The number of nitriles is 1. The molecule has 3 aromatic rings. The van der Waals surface area contributed by atoms with Crippen LogP contribution in [0.3, 0.4) is 0 Å². The van der Waals surface area contributed by atoms with E-state index in [9.17, 15) is 34.0 Å². The van der Waals surface area contributed by atoms with Gasteiger partial charge in [0, 0.05) is 30.6 Å². The van der Waals surface area contributed by atoms with Crippen LogP contribution in [0.2, 0.25) is 0 Å². The molecule has 0 unspecified atom stereocenters. The van der Waals surface area contributed by atoms with Crippen molar-refractivity contribution in [3.05, 3.63) is 70.0 Å². The number of nitrogens with zero attached hydrogens (tertiary/aromatic N) is 3. The molecule has 2 atom stereocenters. The third-order valence-corrected chi connectivity index (χ3v) is 7.03.